The Bertz CT molecular complexity index is 362. The Balaban J connectivity index is 2.70. The van der Waals surface area contributed by atoms with Crippen molar-refractivity contribution < 1.29 is 4.79 Å². The van der Waals surface area contributed by atoms with E-state index in [1.165, 1.54) is 0 Å². The Kier molecular flexibility index (Phi) is 1.28. The fourth-order valence-corrected chi connectivity index (χ4v) is 1.08. The number of fused-ring (bicyclic) bond motifs is 1. The summed E-state index contributed by atoms with van der Waals surface area (Å²) in [5, 5.41) is 0.949. The van der Waals surface area contributed by atoms with Crippen molar-refractivity contribution in [2.75, 3.05) is 0 Å². The molecule has 1 aliphatic rings. The Morgan fingerprint density at radius 3 is 3.18 bits per heavy atom. The zero-order valence-electron chi connectivity index (χ0n) is 5.77. The molecule has 0 N–H and O–H groups in total. The molecule has 1 atom stereocenters. The minimum Gasteiger partial charge on any atom is -0.301 e. The Labute approximate surface area is 63.1 Å². The third-order valence-electron chi connectivity index (χ3n) is 1.58. The van der Waals surface area contributed by atoms with Gasteiger partial charge in [-0.1, -0.05) is 0 Å². The molecule has 54 valence electrons. The number of hydrogen-bond acceptors (Lipinski definition) is 3. The van der Waals surface area contributed by atoms with Gasteiger partial charge in [-0.2, -0.15) is 0 Å². The third kappa shape index (κ3) is 0.941. The zero-order chi connectivity index (χ0) is 7.68. The van der Waals surface area contributed by atoms with Gasteiger partial charge in [-0.3, -0.25) is 4.99 Å². The number of pyridine rings is 1. The lowest BCUT2D eigenvalue weighted by Crippen LogP contribution is -2.23. The van der Waals surface area contributed by atoms with Crippen LogP contribution in [0.1, 0.15) is 0 Å². The van der Waals surface area contributed by atoms with Crippen molar-refractivity contribution in [3.05, 3.63) is 29.0 Å². The minimum atomic E-state index is -0.320. The second-order valence-corrected chi connectivity index (χ2v) is 2.34. The molecule has 0 fully saturated rings. The molecule has 0 saturated carbocycles. The zero-order valence-corrected chi connectivity index (χ0v) is 5.77. The van der Waals surface area contributed by atoms with E-state index in [2.05, 4.69) is 9.98 Å². The van der Waals surface area contributed by atoms with Crippen LogP contribution in [0.3, 0.4) is 0 Å². The predicted octanol–water partition coefficient (Wildman–Crippen LogP) is -0.937. The van der Waals surface area contributed by atoms with Crippen LogP contribution in [0.25, 0.3) is 6.08 Å². The molecule has 1 aliphatic heterocycles. The normalized spacial score (nSPS) is 19.8. The quantitative estimate of drug-likeness (QED) is 0.480. The molecule has 0 aromatic carbocycles. The van der Waals surface area contributed by atoms with Gasteiger partial charge in [-0.05, 0) is 18.2 Å². The van der Waals surface area contributed by atoms with E-state index in [1.54, 1.807) is 12.3 Å². The highest BCUT2D eigenvalue weighted by atomic mass is 16.1. The van der Waals surface area contributed by atoms with E-state index in [0.29, 0.717) is 5.49 Å². The van der Waals surface area contributed by atoms with E-state index in [0.717, 1.165) is 11.5 Å². The van der Waals surface area contributed by atoms with Gasteiger partial charge in [-0.15, -0.1) is 0 Å². The van der Waals surface area contributed by atoms with E-state index in [1.807, 2.05) is 12.1 Å². The largest absolute Gasteiger partial charge is 0.301 e. The highest BCUT2D eigenvalue weighted by molar-refractivity contribution is 5.69. The second-order valence-electron chi connectivity index (χ2n) is 2.34. The summed E-state index contributed by atoms with van der Waals surface area (Å²) in [6.45, 7) is 0. The summed E-state index contributed by atoms with van der Waals surface area (Å²) in [7, 11) is 0. The van der Waals surface area contributed by atoms with Gasteiger partial charge < -0.3 is 4.79 Å². The third-order valence-corrected chi connectivity index (χ3v) is 1.58. The number of carbonyl (C=O) groups excluding carboxylic acids is 1. The molecule has 0 saturated heterocycles. The first kappa shape index (κ1) is 6.22. The van der Waals surface area contributed by atoms with Gasteiger partial charge in [-0.25, -0.2) is 4.98 Å². The SMILES string of the molecule is O=C[C@H]1C=c2cccnc2=N1. The predicted molar refractivity (Wildman–Crippen MR) is 39.3 cm³/mol. The van der Waals surface area contributed by atoms with Crippen molar-refractivity contribution in [1.29, 1.82) is 0 Å². The first-order chi connectivity index (χ1) is 5.40. The molecule has 1 aromatic heterocycles. The average molecular weight is 146 g/mol. The monoisotopic (exact) mass is 146 g/mol. The first-order valence-corrected chi connectivity index (χ1v) is 3.36. The van der Waals surface area contributed by atoms with Crippen LogP contribution in [-0.4, -0.2) is 17.3 Å². The van der Waals surface area contributed by atoms with Crippen molar-refractivity contribution in [3.8, 4) is 0 Å². The molecule has 0 unspecified atom stereocenters. The molecule has 0 radical (unpaired) electrons. The fraction of sp³-hybridized carbons (Fsp3) is 0.125. The van der Waals surface area contributed by atoms with Crippen LogP contribution in [0, 0.1) is 0 Å². The average Bonchev–Trinajstić information content (AvgIpc) is 2.46. The van der Waals surface area contributed by atoms with Gasteiger partial charge >= 0.3 is 0 Å². The molecule has 0 spiro atoms. The van der Waals surface area contributed by atoms with Crippen molar-refractivity contribution in [2.45, 2.75) is 6.04 Å². The summed E-state index contributed by atoms with van der Waals surface area (Å²) in [4.78, 5) is 18.4. The maximum absolute atomic E-state index is 10.3. The molecule has 2 rings (SSSR count). The maximum atomic E-state index is 10.3. The molecule has 3 nitrogen and oxygen atoms in total. The van der Waals surface area contributed by atoms with Gasteiger partial charge in [0.05, 0.1) is 0 Å². The van der Waals surface area contributed by atoms with Crippen LogP contribution in [0.2, 0.25) is 0 Å². The standard InChI is InChI=1S/C8H6N2O/c11-5-7-4-6-2-1-3-9-8(6)10-7/h1-5,7H/t7-/m1/s1. The fourth-order valence-electron chi connectivity index (χ4n) is 1.08. The van der Waals surface area contributed by atoms with Crippen LogP contribution < -0.4 is 10.7 Å². The van der Waals surface area contributed by atoms with E-state index < -0.39 is 0 Å². The number of nitrogens with zero attached hydrogens (tertiary/aromatic N) is 2. The Morgan fingerprint density at radius 2 is 2.45 bits per heavy atom. The van der Waals surface area contributed by atoms with Gasteiger partial charge in [0.15, 0.2) is 5.49 Å². The van der Waals surface area contributed by atoms with Crippen LogP contribution in [0.4, 0.5) is 0 Å². The summed E-state index contributed by atoms with van der Waals surface area (Å²) in [6, 6.07) is 3.41. The summed E-state index contributed by atoms with van der Waals surface area (Å²) < 4.78 is 0. The van der Waals surface area contributed by atoms with E-state index in [4.69, 9.17) is 0 Å². The molecule has 2 heterocycles. The molecule has 0 amide bonds. The maximum Gasteiger partial charge on any atom is 0.155 e. The Morgan fingerprint density at radius 1 is 1.55 bits per heavy atom. The number of aldehydes is 1. The van der Waals surface area contributed by atoms with E-state index in [9.17, 15) is 4.79 Å². The molecule has 1 aromatic rings. The second kappa shape index (κ2) is 2.27. The lowest BCUT2D eigenvalue weighted by molar-refractivity contribution is -0.107. The topological polar surface area (TPSA) is 42.3 Å². The van der Waals surface area contributed by atoms with Gasteiger partial charge in [0.25, 0.3) is 0 Å². The van der Waals surface area contributed by atoms with Crippen molar-refractivity contribution in [3.63, 3.8) is 0 Å². The summed E-state index contributed by atoms with van der Waals surface area (Å²) in [5.74, 6) is 0. The van der Waals surface area contributed by atoms with E-state index in [-0.39, 0.29) is 6.04 Å². The highest BCUT2D eigenvalue weighted by Crippen LogP contribution is 1.89. The Hall–Kier alpha value is -1.51. The summed E-state index contributed by atoms with van der Waals surface area (Å²) in [6.07, 6.45) is 4.28. The molecular weight excluding hydrogens is 140 g/mol. The van der Waals surface area contributed by atoms with Crippen LogP contribution >= 0.6 is 0 Å². The van der Waals surface area contributed by atoms with E-state index >= 15 is 0 Å². The molecule has 0 bridgehead atoms. The lowest BCUT2D eigenvalue weighted by Gasteiger charge is -1.84. The van der Waals surface area contributed by atoms with Crippen LogP contribution in [-0.2, 0) is 4.79 Å². The summed E-state index contributed by atoms with van der Waals surface area (Å²) in [5.41, 5.74) is 0.671. The van der Waals surface area contributed by atoms with Gasteiger partial charge in [0.1, 0.15) is 12.3 Å². The van der Waals surface area contributed by atoms with Crippen molar-refractivity contribution in [1.82, 2.24) is 4.98 Å². The van der Waals surface area contributed by atoms with Crippen LogP contribution in [0.5, 0.6) is 0 Å². The number of hydrogen-bond donors (Lipinski definition) is 0. The summed E-state index contributed by atoms with van der Waals surface area (Å²) >= 11 is 0. The van der Waals surface area contributed by atoms with Gasteiger partial charge in [0.2, 0.25) is 0 Å². The molecular formula is C8H6N2O. The highest BCUT2D eigenvalue weighted by Gasteiger charge is 2.05. The van der Waals surface area contributed by atoms with Gasteiger partial charge in [0, 0.05) is 11.4 Å². The minimum absolute atomic E-state index is 0.320. The molecule has 11 heavy (non-hydrogen) atoms. The molecule has 3 heteroatoms. The van der Waals surface area contributed by atoms with Crippen LogP contribution in [0.15, 0.2) is 23.3 Å². The lowest BCUT2D eigenvalue weighted by atomic mass is 10.3. The van der Waals surface area contributed by atoms with Crippen molar-refractivity contribution >= 4 is 12.4 Å². The smallest absolute Gasteiger partial charge is 0.155 e. The molecule has 0 aliphatic carbocycles. The number of carbonyl (C=O) groups is 1. The number of aromatic nitrogens is 1. The number of rotatable bonds is 1. The first-order valence-electron chi connectivity index (χ1n) is 3.36. The van der Waals surface area contributed by atoms with Crippen molar-refractivity contribution in [2.24, 2.45) is 4.99 Å².